The van der Waals surface area contributed by atoms with Gasteiger partial charge in [-0.1, -0.05) is 37.6 Å². The first kappa shape index (κ1) is 20.9. The summed E-state index contributed by atoms with van der Waals surface area (Å²) in [7, 11) is -4.00. The van der Waals surface area contributed by atoms with Crippen LogP contribution in [-0.4, -0.2) is 26.5 Å². The average Bonchev–Trinajstić information content (AvgIpc) is 3.14. The van der Waals surface area contributed by atoms with Crippen LogP contribution in [0.15, 0.2) is 62.9 Å². The summed E-state index contributed by atoms with van der Waals surface area (Å²) in [5.74, 6) is 0.299. The predicted molar refractivity (Wildman–Crippen MR) is 114 cm³/mol. The van der Waals surface area contributed by atoms with Crippen LogP contribution in [0.1, 0.15) is 20.3 Å². The first-order valence-electron chi connectivity index (χ1n) is 9.77. The number of rotatable bonds is 4. The molecule has 5 nitrogen and oxygen atoms in total. The third-order valence-electron chi connectivity index (χ3n) is 5.22. The van der Waals surface area contributed by atoms with Gasteiger partial charge in [-0.05, 0) is 54.7 Å². The summed E-state index contributed by atoms with van der Waals surface area (Å²) in [6, 6.07) is 11.9. The van der Waals surface area contributed by atoms with E-state index in [2.05, 4.69) is 18.8 Å². The molecule has 4 rings (SSSR count). The number of hydrogen-bond donors (Lipinski definition) is 0. The highest BCUT2D eigenvalue weighted by molar-refractivity contribution is 7.91. The molecule has 0 unspecified atom stereocenters. The van der Waals surface area contributed by atoms with Gasteiger partial charge in [0.05, 0.1) is 10.5 Å². The topological polar surface area (TPSA) is 63.4 Å². The van der Waals surface area contributed by atoms with Gasteiger partial charge in [-0.2, -0.15) is 4.98 Å². The largest absolute Gasteiger partial charge is 0.419 e. The quantitative estimate of drug-likeness (QED) is 0.531. The minimum Gasteiger partial charge on any atom is -0.419 e. The zero-order valence-corrected chi connectivity index (χ0v) is 18.3. The third kappa shape index (κ3) is 3.96. The minimum atomic E-state index is -4.00. The molecule has 158 valence electrons. The Kier molecular flexibility index (Phi) is 5.59. The Balaban J connectivity index is 1.87. The molecule has 8 heteroatoms. The number of sulfone groups is 1. The van der Waals surface area contributed by atoms with Gasteiger partial charge in [0.2, 0.25) is 26.6 Å². The Morgan fingerprint density at radius 2 is 1.70 bits per heavy atom. The second-order valence-electron chi connectivity index (χ2n) is 7.92. The van der Waals surface area contributed by atoms with Crippen molar-refractivity contribution in [3.05, 3.63) is 59.4 Å². The molecule has 30 heavy (non-hydrogen) atoms. The van der Waals surface area contributed by atoms with E-state index in [0.29, 0.717) is 29.9 Å². The minimum absolute atomic E-state index is 0.0541. The highest BCUT2D eigenvalue weighted by atomic mass is 35.5. The third-order valence-corrected chi connectivity index (χ3v) is 7.14. The number of halogens is 2. The van der Waals surface area contributed by atoms with Crippen LogP contribution in [0.25, 0.3) is 11.5 Å². The van der Waals surface area contributed by atoms with Crippen molar-refractivity contribution in [1.82, 2.24) is 4.98 Å². The molecule has 1 saturated heterocycles. The van der Waals surface area contributed by atoms with Gasteiger partial charge in [-0.3, -0.25) is 0 Å². The summed E-state index contributed by atoms with van der Waals surface area (Å²) in [6.07, 6.45) is 1.05. The monoisotopic (exact) mass is 448 g/mol. The molecule has 1 aromatic heterocycles. The van der Waals surface area contributed by atoms with Gasteiger partial charge >= 0.3 is 0 Å². The fraction of sp³-hybridized carbons (Fsp3) is 0.318. The van der Waals surface area contributed by atoms with Crippen LogP contribution in [0, 0.1) is 17.7 Å². The maximum absolute atomic E-state index is 14.4. The molecule has 2 atom stereocenters. The van der Waals surface area contributed by atoms with Gasteiger partial charge < -0.3 is 9.32 Å². The lowest BCUT2D eigenvalue weighted by Crippen LogP contribution is -2.39. The molecule has 1 aliphatic rings. The summed E-state index contributed by atoms with van der Waals surface area (Å²) < 4.78 is 47.1. The number of hydrogen-bond acceptors (Lipinski definition) is 5. The van der Waals surface area contributed by atoms with Crippen molar-refractivity contribution >= 4 is 27.3 Å². The van der Waals surface area contributed by atoms with E-state index >= 15 is 0 Å². The first-order valence-corrected chi connectivity index (χ1v) is 11.6. The molecule has 2 heterocycles. The van der Waals surface area contributed by atoms with E-state index < -0.39 is 15.7 Å². The maximum atomic E-state index is 14.4. The van der Waals surface area contributed by atoms with E-state index in [-0.39, 0.29) is 27.3 Å². The zero-order valence-electron chi connectivity index (χ0n) is 16.7. The first-order chi connectivity index (χ1) is 14.3. The lowest BCUT2D eigenvalue weighted by Gasteiger charge is -2.34. The molecule has 0 saturated carbocycles. The number of anilines is 1. The van der Waals surface area contributed by atoms with Crippen molar-refractivity contribution in [1.29, 1.82) is 0 Å². The molecule has 1 aliphatic heterocycles. The van der Waals surface area contributed by atoms with Crippen molar-refractivity contribution in [2.75, 3.05) is 18.0 Å². The summed E-state index contributed by atoms with van der Waals surface area (Å²) in [4.78, 5) is 6.22. The zero-order chi connectivity index (χ0) is 21.5. The van der Waals surface area contributed by atoms with Gasteiger partial charge in [-0.15, -0.1) is 0 Å². The van der Waals surface area contributed by atoms with E-state index in [4.69, 9.17) is 16.0 Å². The summed E-state index contributed by atoms with van der Waals surface area (Å²) in [6.45, 7) is 5.51. The normalized spacial score (nSPS) is 19.8. The van der Waals surface area contributed by atoms with Crippen LogP contribution in [0.5, 0.6) is 0 Å². The fourth-order valence-corrected chi connectivity index (χ4v) is 5.42. The number of nitrogens with zero attached hydrogens (tertiary/aromatic N) is 2. The smallest absolute Gasteiger partial charge is 0.236 e. The maximum Gasteiger partial charge on any atom is 0.236 e. The highest BCUT2D eigenvalue weighted by Crippen LogP contribution is 2.38. The Morgan fingerprint density at radius 1 is 1.07 bits per heavy atom. The second kappa shape index (κ2) is 8.04. The van der Waals surface area contributed by atoms with Crippen LogP contribution in [0.2, 0.25) is 5.02 Å². The van der Waals surface area contributed by atoms with Crippen LogP contribution in [0.4, 0.5) is 10.3 Å². The van der Waals surface area contributed by atoms with E-state index in [1.165, 1.54) is 36.4 Å². The van der Waals surface area contributed by atoms with Gasteiger partial charge in [0, 0.05) is 18.1 Å². The number of benzene rings is 2. The van der Waals surface area contributed by atoms with Gasteiger partial charge in [0.1, 0.15) is 5.82 Å². The predicted octanol–water partition coefficient (Wildman–Crippen LogP) is 5.45. The molecule has 0 N–H and O–H groups in total. The van der Waals surface area contributed by atoms with Crippen LogP contribution in [0.3, 0.4) is 0 Å². The molecule has 0 radical (unpaired) electrons. The van der Waals surface area contributed by atoms with Gasteiger partial charge in [0.25, 0.3) is 0 Å². The summed E-state index contributed by atoms with van der Waals surface area (Å²) in [5.41, 5.74) is 0.120. The van der Waals surface area contributed by atoms with E-state index in [1.54, 1.807) is 12.1 Å². The van der Waals surface area contributed by atoms with Crippen molar-refractivity contribution in [3.8, 4) is 11.5 Å². The van der Waals surface area contributed by atoms with E-state index in [1.807, 2.05) is 4.90 Å². The molecule has 0 amide bonds. The van der Waals surface area contributed by atoms with Crippen LogP contribution >= 0.6 is 11.6 Å². The molecule has 0 bridgehead atoms. The Morgan fingerprint density at radius 3 is 2.33 bits per heavy atom. The molecule has 0 aliphatic carbocycles. The number of aromatic nitrogens is 1. The van der Waals surface area contributed by atoms with Crippen molar-refractivity contribution in [3.63, 3.8) is 0 Å². The number of oxazole rings is 1. The standard InChI is InChI=1S/C22H22ClFN2O3S/c1-14-11-15(2)13-26(12-14)22-21(30(27,28)17-9-7-16(23)8-10-17)25-20(29-22)18-5-3-4-6-19(18)24/h3-10,14-15H,11-13H2,1-2H3/t14-,15-/m0/s1. The fourth-order valence-electron chi connectivity index (χ4n) is 3.98. The molecular weight excluding hydrogens is 427 g/mol. The van der Waals surface area contributed by atoms with Gasteiger partial charge in [-0.25, -0.2) is 12.8 Å². The second-order valence-corrected chi connectivity index (χ2v) is 10.2. The highest BCUT2D eigenvalue weighted by Gasteiger charge is 2.34. The Bertz CT molecular complexity index is 1150. The molecule has 0 spiro atoms. The van der Waals surface area contributed by atoms with E-state index in [9.17, 15) is 12.8 Å². The lowest BCUT2D eigenvalue weighted by atomic mass is 9.92. The Labute approximate surface area is 180 Å². The van der Waals surface area contributed by atoms with Crippen LogP contribution in [-0.2, 0) is 9.84 Å². The summed E-state index contributed by atoms with van der Waals surface area (Å²) in [5, 5.41) is 0.226. The SMILES string of the molecule is C[C@H]1C[C@H](C)CN(c2oc(-c3ccccc3F)nc2S(=O)(=O)c2ccc(Cl)cc2)C1. The van der Waals surface area contributed by atoms with E-state index in [0.717, 1.165) is 6.42 Å². The van der Waals surface area contributed by atoms with Crippen molar-refractivity contribution in [2.45, 2.75) is 30.2 Å². The van der Waals surface area contributed by atoms with Crippen LogP contribution < -0.4 is 4.90 Å². The lowest BCUT2D eigenvalue weighted by molar-refractivity contribution is 0.342. The van der Waals surface area contributed by atoms with Crippen molar-refractivity contribution in [2.24, 2.45) is 11.8 Å². The molecule has 3 aromatic rings. The molecule has 1 fully saturated rings. The molecular formula is C22H22ClFN2O3S. The van der Waals surface area contributed by atoms with Gasteiger partial charge in [0.15, 0.2) is 0 Å². The van der Waals surface area contributed by atoms with Crippen molar-refractivity contribution < 1.29 is 17.2 Å². The number of piperidine rings is 1. The molecule has 2 aromatic carbocycles. The average molecular weight is 449 g/mol. The summed E-state index contributed by atoms with van der Waals surface area (Å²) >= 11 is 5.92. The Hall–Kier alpha value is -2.38.